The number of carbonyl (C=O) groups is 1. The highest BCUT2D eigenvalue weighted by atomic mass is 35.5. The minimum Gasteiger partial charge on any atom is -0.493 e. The van der Waals surface area contributed by atoms with E-state index in [9.17, 15) is 4.79 Å². The summed E-state index contributed by atoms with van der Waals surface area (Å²) in [5.41, 5.74) is 1.28. The van der Waals surface area contributed by atoms with Crippen LogP contribution >= 0.6 is 23.7 Å². The van der Waals surface area contributed by atoms with Crippen LogP contribution in [0.5, 0.6) is 23.0 Å². The van der Waals surface area contributed by atoms with Gasteiger partial charge in [0.05, 0.1) is 24.4 Å². The third-order valence-electron chi connectivity index (χ3n) is 4.92. The van der Waals surface area contributed by atoms with Gasteiger partial charge in [-0.1, -0.05) is 11.3 Å². The lowest BCUT2D eigenvalue weighted by Crippen LogP contribution is -2.36. The molecule has 1 aromatic heterocycles. The number of anilines is 1. The number of rotatable bonds is 7. The predicted molar refractivity (Wildman–Crippen MR) is 128 cm³/mol. The lowest BCUT2D eigenvalue weighted by Gasteiger charge is -2.22. The lowest BCUT2D eigenvalue weighted by atomic mass is 10.1. The molecule has 10 heteroatoms. The highest BCUT2D eigenvalue weighted by Crippen LogP contribution is 2.39. The predicted octanol–water partition coefficient (Wildman–Crippen LogP) is 3.71. The number of thiazole rings is 1. The van der Waals surface area contributed by atoms with Gasteiger partial charge in [-0.05, 0) is 32.3 Å². The Morgan fingerprint density at radius 2 is 1.72 bits per heavy atom. The number of ether oxygens (including phenoxy) is 4. The van der Waals surface area contributed by atoms with Gasteiger partial charge in [0.15, 0.2) is 28.1 Å². The van der Waals surface area contributed by atoms with Crippen LogP contribution in [0.2, 0.25) is 0 Å². The topological polar surface area (TPSA) is 73.4 Å². The Kier molecular flexibility index (Phi) is 7.65. The molecule has 2 heterocycles. The largest absolute Gasteiger partial charge is 0.493 e. The van der Waals surface area contributed by atoms with Gasteiger partial charge >= 0.3 is 0 Å². The summed E-state index contributed by atoms with van der Waals surface area (Å²) in [5, 5.41) is 0.624. The standard InChI is InChI=1S/C22H25N3O5S.ClH/c1-24(2)7-8-25(21(26)14-5-6-16(27-3)17(11-14)28-4)22-23-15-12-18-19(13-20(15)31-22)30-10-9-29-18;/h5-6,11-13H,7-10H2,1-4H3;1H. The average molecular weight is 480 g/mol. The van der Waals surface area contributed by atoms with E-state index in [2.05, 4.69) is 0 Å². The van der Waals surface area contributed by atoms with E-state index in [-0.39, 0.29) is 18.3 Å². The number of methoxy groups -OCH3 is 2. The maximum Gasteiger partial charge on any atom is 0.260 e. The maximum atomic E-state index is 13.5. The summed E-state index contributed by atoms with van der Waals surface area (Å²) in [4.78, 5) is 22.0. The van der Waals surface area contributed by atoms with E-state index < -0.39 is 0 Å². The smallest absolute Gasteiger partial charge is 0.260 e. The SMILES string of the molecule is COc1ccc(C(=O)N(CCN(C)C)c2nc3cc4c(cc3s2)OCCO4)cc1OC.Cl. The Morgan fingerprint density at radius 3 is 2.38 bits per heavy atom. The minimum atomic E-state index is -0.154. The van der Waals surface area contributed by atoms with Crippen molar-refractivity contribution in [1.82, 2.24) is 9.88 Å². The molecule has 4 rings (SSSR count). The van der Waals surface area contributed by atoms with Gasteiger partial charge in [0, 0.05) is 30.8 Å². The fourth-order valence-corrected chi connectivity index (χ4v) is 4.28. The molecule has 0 atom stereocenters. The molecule has 1 amide bonds. The molecule has 0 saturated carbocycles. The van der Waals surface area contributed by atoms with Crippen molar-refractivity contribution in [3.8, 4) is 23.0 Å². The fourth-order valence-electron chi connectivity index (χ4n) is 3.28. The summed E-state index contributed by atoms with van der Waals surface area (Å²) >= 11 is 1.45. The van der Waals surface area contributed by atoms with Gasteiger partial charge < -0.3 is 23.8 Å². The highest BCUT2D eigenvalue weighted by Gasteiger charge is 2.24. The van der Waals surface area contributed by atoms with Gasteiger partial charge in [-0.25, -0.2) is 4.98 Å². The summed E-state index contributed by atoms with van der Waals surface area (Å²) in [6.07, 6.45) is 0. The minimum absolute atomic E-state index is 0. The zero-order valence-electron chi connectivity index (χ0n) is 18.4. The van der Waals surface area contributed by atoms with Crippen LogP contribution in [0.4, 0.5) is 5.13 Å². The Labute approximate surface area is 197 Å². The first kappa shape index (κ1) is 23.9. The third-order valence-corrected chi connectivity index (χ3v) is 5.96. The second kappa shape index (κ2) is 10.2. The number of carbonyl (C=O) groups excluding carboxylic acids is 1. The second-order valence-corrected chi connectivity index (χ2v) is 8.30. The molecule has 172 valence electrons. The number of hydrogen-bond donors (Lipinski definition) is 0. The molecule has 2 aromatic carbocycles. The second-order valence-electron chi connectivity index (χ2n) is 7.29. The lowest BCUT2D eigenvalue weighted by molar-refractivity contribution is 0.0985. The summed E-state index contributed by atoms with van der Waals surface area (Å²) in [5.74, 6) is 2.32. The van der Waals surface area contributed by atoms with E-state index in [4.69, 9.17) is 23.9 Å². The molecular formula is C22H26ClN3O5S. The number of amides is 1. The average Bonchev–Trinajstić information content (AvgIpc) is 3.19. The molecule has 0 unspecified atom stereocenters. The van der Waals surface area contributed by atoms with E-state index in [1.165, 1.54) is 11.3 Å². The summed E-state index contributed by atoms with van der Waals surface area (Å²) in [6.45, 7) is 2.23. The van der Waals surface area contributed by atoms with Crippen LogP contribution in [0, 0.1) is 0 Å². The van der Waals surface area contributed by atoms with Gasteiger partial charge in [0.2, 0.25) is 0 Å². The van der Waals surface area contributed by atoms with Crippen LogP contribution in [0.25, 0.3) is 10.2 Å². The summed E-state index contributed by atoms with van der Waals surface area (Å²) < 4.78 is 23.0. The first-order valence-corrected chi connectivity index (χ1v) is 10.7. The molecule has 0 N–H and O–H groups in total. The molecule has 0 bridgehead atoms. The maximum absolute atomic E-state index is 13.5. The summed E-state index contributed by atoms with van der Waals surface area (Å²) in [7, 11) is 7.06. The number of fused-ring (bicyclic) bond motifs is 2. The van der Waals surface area contributed by atoms with E-state index >= 15 is 0 Å². The molecular weight excluding hydrogens is 454 g/mol. The van der Waals surface area contributed by atoms with Gasteiger partial charge in [0.25, 0.3) is 5.91 Å². The molecule has 1 aliphatic rings. The van der Waals surface area contributed by atoms with Crippen LogP contribution in [0.1, 0.15) is 10.4 Å². The number of nitrogens with zero attached hydrogens (tertiary/aromatic N) is 3. The molecule has 0 saturated heterocycles. The molecule has 32 heavy (non-hydrogen) atoms. The van der Waals surface area contributed by atoms with Gasteiger partial charge in [-0.2, -0.15) is 0 Å². The van der Waals surface area contributed by atoms with Crippen LogP contribution in [-0.2, 0) is 0 Å². The molecule has 0 fully saturated rings. The molecule has 0 radical (unpaired) electrons. The highest BCUT2D eigenvalue weighted by molar-refractivity contribution is 7.22. The molecule has 8 nitrogen and oxygen atoms in total. The van der Waals surface area contributed by atoms with Crippen LogP contribution in [0.3, 0.4) is 0 Å². The first-order valence-electron chi connectivity index (χ1n) is 9.89. The molecule has 0 aliphatic carbocycles. The van der Waals surface area contributed by atoms with Crippen molar-refractivity contribution < 1.29 is 23.7 Å². The van der Waals surface area contributed by atoms with Crippen molar-refractivity contribution in [1.29, 1.82) is 0 Å². The van der Waals surface area contributed by atoms with Gasteiger partial charge in [-0.3, -0.25) is 9.69 Å². The van der Waals surface area contributed by atoms with Crippen molar-refractivity contribution in [3.05, 3.63) is 35.9 Å². The fraction of sp³-hybridized carbons (Fsp3) is 0.364. The van der Waals surface area contributed by atoms with Crippen molar-refractivity contribution in [3.63, 3.8) is 0 Å². The zero-order chi connectivity index (χ0) is 22.0. The molecule has 0 spiro atoms. The Balaban J connectivity index is 0.00000289. The third kappa shape index (κ3) is 4.85. The van der Waals surface area contributed by atoms with E-state index in [1.807, 2.05) is 31.1 Å². The van der Waals surface area contributed by atoms with E-state index in [0.717, 1.165) is 10.2 Å². The van der Waals surface area contributed by atoms with Gasteiger partial charge in [0.1, 0.15) is 13.2 Å². The van der Waals surface area contributed by atoms with Crippen molar-refractivity contribution in [2.75, 3.05) is 59.5 Å². The first-order chi connectivity index (χ1) is 15.0. The number of aromatic nitrogens is 1. The van der Waals surface area contributed by atoms with Crippen molar-refractivity contribution in [2.24, 2.45) is 0 Å². The number of hydrogen-bond acceptors (Lipinski definition) is 8. The van der Waals surface area contributed by atoms with E-state index in [1.54, 1.807) is 37.3 Å². The van der Waals surface area contributed by atoms with Crippen LogP contribution in [-0.4, -0.2) is 70.4 Å². The normalized spacial score (nSPS) is 12.4. The Bertz CT molecular complexity index is 1060. The Morgan fingerprint density at radius 1 is 1.03 bits per heavy atom. The quantitative estimate of drug-likeness (QED) is 0.511. The van der Waals surface area contributed by atoms with E-state index in [0.29, 0.717) is 60.0 Å². The van der Waals surface area contributed by atoms with Crippen molar-refractivity contribution in [2.45, 2.75) is 0 Å². The Hall–Kier alpha value is -2.75. The van der Waals surface area contributed by atoms with Crippen LogP contribution < -0.4 is 23.8 Å². The van der Waals surface area contributed by atoms with Crippen molar-refractivity contribution >= 4 is 45.0 Å². The number of benzene rings is 2. The number of likely N-dealkylation sites (N-methyl/N-ethyl adjacent to an activating group) is 1. The summed E-state index contributed by atoms with van der Waals surface area (Å²) in [6, 6.07) is 8.96. The number of halogens is 1. The van der Waals surface area contributed by atoms with Crippen LogP contribution in [0.15, 0.2) is 30.3 Å². The molecule has 3 aromatic rings. The monoisotopic (exact) mass is 479 g/mol. The van der Waals surface area contributed by atoms with Gasteiger partial charge in [-0.15, -0.1) is 12.4 Å². The zero-order valence-corrected chi connectivity index (χ0v) is 20.0. The molecule has 1 aliphatic heterocycles.